The Bertz CT molecular complexity index is 159. The molecule has 2 amide bonds. The molecule has 1 unspecified atom stereocenters. The highest BCUT2D eigenvalue weighted by Crippen LogP contribution is 1.88. The van der Waals surface area contributed by atoms with Gasteiger partial charge < -0.3 is 15.7 Å². The molecule has 1 fully saturated rings. The lowest BCUT2D eigenvalue weighted by Crippen LogP contribution is -2.54. The first-order valence-electron chi connectivity index (χ1n) is 2.45. The molecule has 0 aliphatic carbocycles. The molecule has 0 bridgehead atoms. The number of thiocarbonyl (C=S) groups is 1. The second-order valence-corrected chi connectivity index (χ2v) is 2.22. The Labute approximate surface area is 57.2 Å². The summed E-state index contributed by atoms with van der Waals surface area (Å²) in [7, 11) is 0. The van der Waals surface area contributed by atoms with Crippen LogP contribution in [0.15, 0.2) is 0 Å². The predicted molar refractivity (Wildman–Crippen MR) is 35.1 cm³/mol. The molecule has 50 valence electrons. The molecule has 3 N–H and O–H groups in total. The number of carbonyl (C=O) groups excluding carboxylic acids is 1. The number of amides is 2. The average Bonchev–Trinajstić information content (AvgIpc) is 1.80. The SMILES string of the molecule is O=C1NCC(=S)C(O)N1. The van der Waals surface area contributed by atoms with Crippen molar-refractivity contribution in [2.45, 2.75) is 6.23 Å². The number of aliphatic hydroxyl groups is 1. The largest absolute Gasteiger partial charge is 0.369 e. The highest BCUT2D eigenvalue weighted by Gasteiger charge is 2.18. The third-order valence-corrected chi connectivity index (χ3v) is 1.36. The number of aliphatic hydroxyl groups excluding tert-OH is 1. The molecule has 4 nitrogen and oxygen atoms in total. The summed E-state index contributed by atoms with van der Waals surface area (Å²) in [6.07, 6.45) is -0.950. The fourth-order valence-corrected chi connectivity index (χ4v) is 0.651. The van der Waals surface area contributed by atoms with Gasteiger partial charge in [-0.2, -0.15) is 0 Å². The molecular weight excluding hydrogens is 140 g/mol. The summed E-state index contributed by atoms with van der Waals surface area (Å²) in [5.74, 6) is 0. The standard InChI is InChI=1S/C4H6N2O2S/c7-3-2(9)1-5-4(8)6-3/h3,7H,1H2,(H2,5,6,8). The summed E-state index contributed by atoms with van der Waals surface area (Å²) >= 11 is 4.65. The molecule has 5 heteroatoms. The maximum absolute atomic E-state index is 10.4. The van der Waals surface area contributed by atoms with Crippen LogP contribution in [0.4, 0.5) is 4.79 Å². The van der Waals surface area contributed by atoms with Gasteiger partial charge in [-0.3, -0.25) is 0 Å². The van der Waals surface area contributed by atoms with Crippen LogP contribution in [-0.2, 0) is 0 Å². The van der Waals surface area contributed by atoms with Crippen molar-refractivity contribution in [3.63, 3.8) is 0 Å². The molecule has 1 aliphatic heterocycles. The van der Waals surface area contributed by atoms with Crippen LogP contribution in [0, 0.1) is 0 Å². The van der Waals surface area contributed by atoms with E-state index in [0.717, 1.165) is 0 Å². The molecule has 0 aromatic heterocycles. The third-order valence-electron chi connectivity index (χ3n) is 0.996. The molecular formula is C4H6N2O2S. The summed E-state index contributed by atoms with van der Waals surface area (Å²) in [4.78, 5) is 10.8. The number of hydrogen-bond acceptors (Lipinski definition) is 3. The Morgan fingerprint density at radius 1 is 1.78 bits per heavy atom. The van der Waals surface area contributed by atoms with E-state index >= 15 is 0 Å². The molecule has 0 aromatic rings. The first-order chi connectivity index (χ1) is 4.20. The molecule has 1 atom stereocenters. The van der Waals surface area contributed by atoms with E-state index in [2.05, 4.69) is 22.9 Å². The van der Waals surface area contributed by atoms with Gasteiger partial charge in [-0.15, -0.1) is 0 Å². The van der Waals surface area contributed by atoms with E-state index in [1.807, 2.05) is 0 Å². The summed E-state index contributed by atoms with van der Waals surface area (Å²) in [5.41, 5.74) is 0. The topological polar surface area (TPSA) is 61.4 Å². The molecule has 0 aromatic carbocycles. The molecule has 0 saturated carbocycles. The lowest BCUT2D eigenvalue weighted by molar-refractivity contribution is 0.184. The minimum Gasteiger partial charge on any atom is -0.369 e. The Kier molecular flexibility index (Phi) is 1.63. The number of rotatable bonds is 0. The second-order valence-electron chi connectivity index (χ2n) is 1.70. The Hall–Kier alpha value is -0.680. The van der Waals surface area contributed by atoms with Crippen LogP contribution in [0.2, 0.25) is 0 Å². The average molecular weight is 146 g/mol. The summed E-state index contributed by atoms with van der Waals surface area (Å²) in [6, 6.07) is -0.379. The van der Waals surface area contributed by atoms with Crippen LogP contribution in [0.1, 0.15) is 0 Å². The van der Waals surface area contributed by atoms with Gasteiger partial charge in [0.1, 0.15) is 0 Å². The molecule has 1 heterocycles. The van der Waals surface area contributed by atoms with Crippen LogP contribution >= 0.6 is 12.2 Å². The third kappa shape index (κ3) is 1.36. The number of hydrogen-bond donors (Lipinski definition) is 3. The van der Waals surface area contributed by atoms with E-state index in [1.165, 1.54) is 0 Å². The molecule has 9 heavy (non-hydrogen) atoms. The van der Waals surface area contributed by atoms with E-state index in [-0.39, 0.29) is 12.6 Å². The Morgan fingerprint density at radius 3 is 2.89 bits per heavy atom. The summed E-state index contributed by atoms with van der Waals surface area (Å²) < 4.78 is 0. The van der Waals surface area contributed by atoms with Crippen molar-refractivity contribution in [2.75, 3.05) is 6.54 Å². The molecule has 0 radical (unpaired) electrons. The van der Waals surface area contributed by atoms with Crippen LogP contribution in [-0.4, -0.2) is 28.8 Å². The molecule has 1 saturated heterocycles. The van der Waals surface area contributed by atoms with Crippen molar-refractivity contribution < 1.29 is 9.90 Å². The fraction of sp³-hybridized carbons (Fsp3) is 0.500. The fourth-order valence-electron chi connectivity index (χ4n) is 0.520. The lowest BCUT2D eigenvalue weighted by atomic mass is 10.3. The van der Waals surface area contributed by atoms with E-state index in [1.54, 1.807) is 0 Å². The van der Waals surface area contributed by atoms with Crippen LogP contribution in [0.5, 0.6) is 0 Å². The Morgan fingerprint density at radius 2 is 2.44 bits per heavy atom. The zero-order chi connectivity index (χ0) is 6.85. The van der Waals surface area contributed by atoms with Gasteiger partial charge in [0.05, 0.1) is 11.4 Å². The van der Waals surface area contributed by atoms with Gasteiger partial charge in [0.25, 0.3) is 0 Å². The highest BCUT2D eigenvalue weighted by molar-refractivity contribution is 7.80. The van der Waals surface area contributed by atoms with Gasteiger partial charge in [-0.25, -0.2) is 4.79 Å². The zero-order valence-corrected chi connectivity index (χ0v) is 5.36. The highest BCUT2D eigenvalue weighted by atomic mass is 32.1. The van der Waals surface area contributed by atoms with Gasteiger partial charge in [0, 0.05) is 0 Å². The van der Waals surface area contributed by atoms with Crippen molar-refractivity contribution >= 4 is 23.1 Å². The summed E-state index contributed by atoms with van der Waals surface area (Å²) in [6.45, 7) is 0.280. The van der Waals surface area contributed by atoms with Gasteiger partial charge >= 0.3 is 6.03 Å². The number of urea groups is 1. The van der Waals surface area contributed by atoms with Crippen molar-refractivity contribution in [3.05, 3.63) is 0 Å². The maximum atomic E-state index is 10.4. The smallest absolute Gasteiger partial charge is 0.317 e. The monoisotopic (exact) mass is 146 g/mol. The van der Waals surface area contributed by atoms with Crippen molar-refractivity contribution in [1.82, 2.24) is 10.6 Å². The van der Waals surface area contributed by atoms with E-state index in [4.69, 9.17) is 5.11 Å². The van der Waals surface area contributed by atoms with Gasteiger partial charge in [0.15, 0.2) is 6.23 Å². The first kappa shape index (κ1) is 6.44. The van der Waals surface area contributed by atoms with Gasteiger partial charge in [0.2, 0.25) is 0 Å². The molecule has 1 aliphatic rings. The zero-order valence-electron chi connectivity index (χ0n) is 4.55. The quantitative estimate of drug-likeness (QED) is 0.384. The van der Waals surface area contributed by atoms with E-state index in [0.29, 0.717) is 4.86 Å². The van der Waals surface area contributed by atoms with Crippen molar-refractivity contribution in [2.24, 2.45) is 0 Å². The van der Waals surface area contributed by atoms with E-state index < -0.39 is 6.23 Å². The van der Waals surface area contributed by atoms with E-state index in [9.17, 15) is 4.79 Å². The number of nitrogens with one attached hydrogen (secondary N) is 2. The van der Waals surface area contributed by atoms with Crippen LogP contribution in [0.3, 0.4) is 0 Å². The minimum absolute atomic E-state index is 0.280. The predicted octanol–water partition coefficient (Wildman–Crippen LogP) is -1.01. The molecule has 0 spiro atoms. The minimum atomic E-state index is -0.950. The maximum Gasteiger partial charge on any atom is 0.317 e. The lowest BCUT2D eigenvalue weighted by Gasteiger charge is -2.19. The van der Waals surface area contributed by atoms with Crippen molar-refractivity contribution in [1.29, 1.82) is 0 Å². The van der Waals surface area contributed by atoms with Crippen LogP contribution < -0.4 is 10.6 Å². The normalized spacial score (nSPS) is 27.0. The Balaban J connectivity index is 2.54. The van der Waals surface area contributed by atoms with Crippen molar-refractivity contribution in [3.8, 4) is 0 Å². The van der Waals surface area contributed by atoms with Crippen LogP contribution in [0.25, 0.3) is 0 Å². The number of carbonyl (C=O) groups is 1. The van der Waals surface area contributed by atoms with Gasteiger partial charge in [-0.05, 0) is 0 Å². The first-order valence-corrected chi connectivity index (χ1v) is 2.86. The molecule has 1 rings (SSSR count). The second kappa shape index (κ2) is 2.28. The van der Waals surface area contributed by atoms with Gasteiger partial charge in [-0.1, -0.05) is 12.2 Å². The summed E-state index contributed by atoms with van der Waals surface area (Å²) in [5, 5.41) is 13.4.